The molecule has 1 fully saturated rings. The highest BCUT2D eigenvalue weighted by molar-refractivity contribution is 9.10. The van der Waals surface area contributed by atoms with Crippen molar-refractivity contribution in [2.75, 3.05) is 13.1 Å². The van der Waals surface area contributed by atoms with E-state index < -0.39 is 0 Å². The second kappa shape index (κ2) is 8.80. The molecule has 0 unspecified atom stereocenters. The Kier molecular flexibility index (Phi) is 6.46. The van der Waals surface area contributed by atoms with Crippen molar-refractivity contribution in [2.24, 2.45) is 0 Å². The number of rotatable bonds is 5. The Morgan fingerprint density at radius 1 is 1.15 bits per heavy atom. The molecule has 0 aromatic heterocycles. The Labute approximate surface area is 163 Å². The van der Waals surface area contributed by atoms with Crippen molar-refractivity contribution in [3.8, 4) is 0 Å². The number of hydrogen-bond acceptors (Lipinski definition) is 3. The third-order valence-electron chi connectivity index (χ3n) is 4.87. The van der Waals surface area contributed by atoms with E-state index in [9.17, 15) is 9.90 Å². The molecule has 0 saturated carbocycles. The number of aryl methyl sites for hydroxylation is 1. The number of nitrogens with zero attached hydrogens (tertiary/aromatic N) is 1. The first-order valence-corrected chi connectivity index (χ1v) is 9.83. The van der Waals surface area contributed by atoms with Gasteiger partial charge in [0.05, 0.1) is 6.10 Å². The zero-order valence-corrected chi connectivity index (χ0v) is 16.6. The van der Waals surface area contributed by atoms with Crippen molar-refractivity contribution in [3.63, 3.8) is 0 Å². The fourth-order valence-electron chi connectivity index (χ4n) is 3.26. The topological polar surface area (TPSA) is 52.6 Å². The van der Waals surface area contributed by atoms with Crippen LogP contribution >= 0.6 is 15.9 Å². The maximum absolute atomic E-state index is 12.4. The summed E-state index contributed by atoms with van der Waals surface area (Å²) in [4.78, 5) is 14.7. The van der Waals surface area contributed by atoms with Gasteiger partial charge in [0.1, 0.15) is 0 Å². The number of aliphatic hydroxyl groups is 1. The van der Waals surface area contributed by atoms with E-state index in [2.05, 4.69) is 50.4 Å². The molecule has 2 aromatic carbocycles. The fourth-order valence-corrected chi connectivity index (χ4v) is 3.73. The summed E-state index contributed by atoms with van der Waals surface area (Å²) in [7, 11) is 0. The molecule has 2 N–H and O–H groups in total. The fraction of sp³-hybridized carbons (Fsp3) is 0.381. The second-order valence-electron chi connectivity index (χ2n) is 6.97. The molecule has 1 aliphatic rings. The van der Waals surface area contributed by atoms with Crippen LogP contribution in [0.25, 0.3) is 0 Å². The minimum absolute atomic E-state index is 0.0500. The minimum Gasteiger partial charge on any atom is -0.393 e. The Bertz CT molecular complexity index is 753. The van der Waals surface area contributed by atoms with E-state index in [-0.39, 0.29) is 12.0 Å². The van der Waals surface area contributed by atoms with Crippen LogP contribution in [0.15, 0.2) is 46.9 Å². The summed E-state index contributed by atoms with van der Waals surface area (Å²) >= 11 is 3.42. The quantitative estimate of drug-likeness (QED) is 0.781. The zero-order chi connectivity index (χ0) is 18.5. The Morgan fingerprint density at radius 2 is 1.81 bits per heavy atom. The minimum atomic E-state index is -0.133. The van der Waals surface area contributed by atoms with Gasteiger partial charge >= 0.3 is 0 Å². The lowest BCUT2D eigenvalue weighted by atomic mass is 10.1. The van der Waals surface area contributed by atoms with Crippen molar-refractivity contribution < 1.29 is 9.90 Å². The van der Waals surface area contributed by atoms with Crippen LogP contribution in [-0.4, -0.2) is 35.1 Å². The first-order chi connectivity index (χ1) is 12.5. The third-order valence-corrected chi connectivity index (χ3v) is 5.37. The highest BCUT2D eigenvalue weighted by Crippen LogP contribution is 2.17. The van der Waals surface area contributed by atoms with E-state index >= 15 is 0 Å². The van der Waals surface area contributed by atoms with Gasteiger partial charge in [-0.05, 0) is 54.7 Å². The van der Waals surface area contributed by atoms with Gasteiger partial charge in [-0.25, -0.2) is 0 Å². The number of benzene rings is 2. The van der Waals surface area contributed by atoms with Crippen LogP contribution in [0.5, 0.6) is 0 Å². The number of aliphatic hydroxyl groups excluding tert-OH is 1. The summed E-state index contributed by atoms with van der Waals surface area (Å²) in [5, 5.41) is 12.6. The lowest BCUT2D eigenvalue weighted by Crippen LogP contribution is -2.35. The van der Waals surface area contributed by atoms with Crippen LogP contribution < -0.4 is 5.32 Å². The Hall–Kier alpha value is -1.69. The van der Waals surface area contributed by atoms with Crippen molar-refractivity contribution in [1.82, 2.24) is 10.2 Å². The maximum Gasteiger partial charge on any atom is 0.251 e. The number of halogens is 1. The number of piperidine rings is 1. The summed E-state index contributed by atoms with van der Waals surface area (Å²) < 4.78 is 0.977. The molecule has 0 radical (unpaired) electrons. The number of carbonyl (C=O) groups is 1. The van der Waals surface area contributed by atoms with Gasteiger partial charge in [-0.15, -0.1) is 0 Å². The van der Waals surface area contributed by atoms with Crippen LogP contribution in [0, 0.1) is 6.92 Å². The summed E-state index contributed by atoms with van der Waals surface area (Å²) in [5.41, 5.74) is 4.02. The highest BCUT2D eigenvalue weighted by atomic mass is 79.9. The maximum atomic E-state index is 12.4. The van der Waals surface area contributed by atoms with Crippen molar-refractivity contribution in [3.05, 3.63) is 69.2 Å². The van der Waals surface area contributed by atoms with Crippen molar-refractivity contribution in [1.29, 1.82) is 0 Å². The molecule has 1 aliphatic heterocycles. The van der Waals surface area contributed by atoms with E-state index in [0.29, 0.717) is 12.1 Å². The average molecular weight is 417 g/mol. The van der Waals surface area contributed by atoms with Crippen LogP contribution in [0.3, 0.4) is 0 Å². The van der Waals surface area contributed by atoms with Gasteiger partial charge in [-0.2, -0.15) is 0 Å². The van der Waals surface area contributed by atoms with E-state index in [0.717, 1.165) is 48.1 Å². The molecule has 1 amide bonds. The summed E-state index contributed by atoms with van der Waals surface area (Å²) in [5.74, 6) is -0.0500. The van der Waals surface area contributed by atoms with Gasteiger partial charge < -0.3 is 10.4 Å². The van der Waals surface area contributed by atoms with Crippen LogP contribution in [0.2, 0.25) is 0 Å². The smallest absolute Gasteiger partial charge is 0.251 e. The first-order valence-electron chi connectivity index (χ1n) is 9.04. The number of nitrogens with one attached hydrogen (secondary N) is 1. The lowest BCUT2D eigenvalue weighted by molar-refractivity contribution is 0.0792. The molecular formula is C21H25BrN2O2. The molecule has 0 spiro atoms. The standard InChI is InChI=1S/C21H25BrN2O2/c1-15-12-18(22)6-7-20(15)21(26)23-13-16-2-4-17(5-3-16)14-24-10-8-19(25)9-11-24/h2-7,12,19,25H,8-11,13-14H2,1H3,(H,23,26). The first kappa shape index (κ1) is 19.1. The van der Waals surface area contributed by atoms with Gasteiger partial charge in [0.25, 0.3) is 5.91 Å². The molecule has 5 heteroatoms. The number of amides is 1. The molecule has 0 aliphatic carbocycles. The zero-order valence-electron chi connectivity index (χ0n) is 15.0. The van der Waals surface area contributed by atoms with Crippen molar-refractivity contribution >= 4 is 21.8 Å². The predicted octanol–water partition coefficient (Wildman–Crippen LogP) is 3.64. The average Bonchev–Trinajstić information content (AvgIpc) is 2.63. The van der Waals surface area contributed by atoms with Gasteiger partial charge in [-0.1, -0.05) is 40.2 Å². The lowest BCUT2D eigenvalue weighted by Gasteiger charge is -2.29. The molecule has 3 rings (SSSR count). The molecular weight excluding hydrogens is 392 g/mol. The van der Waals surface area contributed by atoms with Gasteiger partial charge in [0, 0.05) is 36.2 Å². The highest BCUT2D eigenvalue weighted by Gasteiger charge is 2.16. The largest absolute Gasteiger partial charge is 0.393 e. The molecule has 1 saturated heterocycles. The molecule has 0 atom stereocenters. The molecule has 138 valence electrons. The van der Waals surface area contributed by atoms with E-state index in [1.165, 1.54) is 5.56 Å². The number of carbonyl (C=O) groups excluding carboxylic acids is 1. The third kappa shape index (κ3) is 5.16. The van der Waals surface area contributed by atoms with Crippen LogP contribution in [0.1, 0.15) is 39.9 Å². The monoisotopic (exact) mass is 416 g/mol. The summed E-state index contributed by atoms with van der Waals surface area (Å²) in [6.07, 6.45) is 1.59. The molecule has 4 nitrogen and oxygen atoms in total. The van der Waals surface area contributed by atoms with Crippen LogP contribution in [-0.2, 0) is 13.1 Å². The predicted molar refractivity (Wildman–Crippen MR) is 107 cm³/mol. The van der Waals surface area contributed by atoms with E-state index in [1.807, 2.05) is 25.1 Å². The number of likely N-dealkylation sites (tertiary alicyclic amines) is 1. The van der Waals surface area contributed by atoms with Gasteiger partial charge in [0.2, 0.25) is 0 Å². The van der Waals surface area contributed by atoms with Crippen LogP contribution in [0.4, 0.5) is 0 Å². The number of hydrogen-bond donors (Lipinski definition) is 2. The summed E-state index contributed by atoms with van der Waals surface area (Å²) in [6, 6.07) is 14.1. The van der Waals surface area contributed by atoms with Gasteiger partial charge in [0.15, 0.2) is 0 Å². The Balaban J connectivity index is 1.52. The molecule has 0 bridgehead atoms. The molecule has 1 heterocycles. The van der Waals surface area contributed by atoms with E-state index in [4.69, 9.17) is 0 Å². The van der Waals surface area contributed by atoms with E-state index in [1.54, 1.807) is 0 Å². The SMILES string of the molecule is Cc1cc(Br)ccc1C(=O)NCc1ccc(CN2CCC(O)CC2)cc1. The normalized spacial score (nSPS) is 15.8. The van der Waals surface area contributed by atoms with Gasteiger partial charge in [-0.3, -0.25) is 9.69 Å². The Morgan fingerprint density at radius 3 is 2.46 bits per heavy atom. The molecule has 2 aromatic rings. The summed E-state index contributed by atoms with van der Waals surface area (Å²) in [6.45, 7) is 5.27. The molecule has 26 heavy (non-hydrogen) atoms. The second-order valence-corrected chi connectivity index (χ2v) is 7.88. The van der Waals surface area contributed by atoms with Crippen molar-refractivity contribution in [2.45, 2.75) is 39.0 Å².